The van der Waals surface area contributed by atoms with Crippen LogP contribution in [0.4, 0.5) is 0 Å². The minimum Gasteiger partial charge on any atom is -0.386 e. The van der Waals surface area contributed by atoms with Crippen LogP contribution in [0.15, 0.2) is 11.6 Å². The van der Waals surface area contributed by atoms with Gasteiger partial charge in [-0.1, -0.05) is 25.3 Å². The van der Waals surface area contributed by atoms with Crippen LogP contribution in [0.3, 0.4) is 0 Å². The number of hydrogen-bond donors (Lipinski definition) is 1. The molecule has 0 aromatic heterocycles. The first-order chi connectivity index (χ1) is 6.31. The Kier molecular flexibility index (Phi) is 2.73. The molecule has 0 heterocycles. The third kappa shape index (κ3) is 1.96. The maximum Gasteiger partial charge on any atom is 0.0856 e. The smallest absolute Gasteiger partial charge is 0.0856 e. The molecule has 1 heteroatoms. The van der Waals surface area contributed by atoms with Crippen LogP contribution in [0, 0.1) is 0 Å². The topological polar surface area (TPSA) is 20.2 Å². The summed E-state index contributed by atoms with van der Waals surface area (Å²) in [5.41, 5.74) is 0.979. The molecule has 2 rings (SSSR count). The number of hydrogen-bond acceptors (Lipinski definition) is 1. The second kappa shape index (κ2) is 3.83. The van der Waals surface area contributed by atoms with Crippen molar-refractivity contribution >= 4 is 0 Å². The molecule has 74 valence electrons. The van der Waals surface area contributed by atoms with Crippen molar-refractivity contribution < 1.29 is 5.11 Å². The van der Waals surface area contributed by atoms with E-state index in [2.05, 4.69) is 6.08 Å². The molecule has 0 amide bonds. The van der Waals surface area contributed by atoms with Gasteiger partial charge in [0.1, 0.15) is 0 Å². The van der Waals surface area contributed by atoms with E-state index in [0.717, 1.165) is 19.3 Å². The van der Waals surface area contributed by atoms with E-state index in [0.29, 0.717) is 0 Å². The zero-order valence-corrected chi connectivity index (χ0v) is 8.39. The van der Waals surface area contributed by atoms with E-state index in [1.165, 1.54) is 44.1 Å². The van der Waals surface area contributed by atoms with E-state index in [9.17, 15) is 5.11 Å². The van der Waals surface area contributed by atoms with E-state index in [1.807, 2.05) is 0 Å². The lowest BCUT2D eigenvalue weighted by Crippen LogP contribution is -2.26. The summed E-state index contributed by atoms with van der Waals surface area (Å²) in [4.78, 5) is 0. The van der Waals surface area contributed by atoms with Crippen molar-refractivity contribution in [3.8, 4) is 0 Å². The second-order valence-electron chi connectivity index (χ2n) is 4.57. The molecule has 2 aliphatic rings. The van der Waals surface area contributed by atoms with E-state index in [-0.39, 0.29) is 5.60 Å². The maximum absolute atomic E-state index is 10.4. The molecule has 0 aromatic rings. The first kappa shape index (κ1) is 9.26. The van der Waals surface area contributed by atoms with Crippen molar-refractivity contribution in [1.29, 1.82) is 0 Å². The third-order valence-electron chi connectivity index (χ3n) is 3.57. The van der Waals surface area contributed by atoms with Crippen molar-refractivity contribution in [3.05, 3.63) is 11.6 Å². The molecule has 0 saturated heterocycles. The zero-order valence-electron chi connectivity index (χ0n) is 8.39. The van der Waals surface area contributed by atoms with Crippen LogP contribution < -0.4 is 0 Å². The Bertz CT molecular complexity index is 199. The Balaban J connectivity index is 2.08. The highest BCUT2D eigenvalue weighted by molar-refractivity contribution is 5.19. The molecule has 0 unspecified atom stereocenters. The van der Waals surface area contributed by atoms with Gasteiger partial charge in [-0.05, 0) is 44.1 Å². The molecule has 0 radical (unpaired) electrons. The molecule has 0 aromatic carbocycles. The van der Waals surface area contributed by atoms with Gasteiger partial charge in [0.05, 0.1) is 5.60 Å². The van der Waals surface area contributed by atoms with Crippen molar-refractivity contribution in [3.63, 3.8) is 0 Å². The van der Waals surface area contributed by atoms with E-state index < -0.39 is 0 Å². The second-order valence-corrected chi connectivity index (χ2v) is 4.57. The molecule has 0 spiro atoms. The molecule has 1 nitrogen and oxygen atoms in total. The largest absolute Gasteiger partial charge is 0.386 e. The van der Waals surface area contributed by atoms with Gasteiger partial charge in [0.15, 0.2) is 0 Å². The first-order valence-electron chi connectivity index (χ1n) is 5.73. The zero-order chi connectivity index (χ0) is 9.15. The monoisotopic (exact) mass is 180 g/mol. The summed E-state index contributed by atoms with van der Waals surface area (Å²) < 4.78 is 0. The molecule has 1 fully saturated rings. The van der Waals surface area contributed by atoms with Gasteiger partial charge in [-0.3, -0.25) is 0 Å². The average molecular weight is 180 g/mol. The Labute approximate surface area is 80.8 Å². The molecular weight excluding hydrogens is 160 g/mol. The fraction of sp³-hybridized carbons (Fsp3) is 0.833. The summed E-state index contributed by atoms with van der Waals surface area (Å²) in [6.45, 7) is 0. The molecule has 1 saturated carbocycles. The fourth-order valence-electron chi connectivity index (χ4n) is 2.72. The summed E-state index contributed by atoms with van der Waals surface area (Å²) in [5, 5.41) is 10.4. The highest BCUT2D eigenvalue weighted by Gasteiger charge is 2.34. The van der Waals surface area contributed by atoms with Gasteiger partial charge in [0.2, 0.25) is 0 Å². The van der Waals surface area contributed by atoms with Crippen LogP contribution in [0.5, 0.6) is 0 Å². The normalized spacial score (nSPS) is 28.2. The van der Waals surface area contributed by atoms with E-state index >= 15 is 0 Å². The van der Waals surface area contributed by atoms with Gasteiger partial charge >= 0.3 is 0 Å². The minimum absolute atomic E-state index is 0.385. The molecule has 1 N–H and O–H groups in total. The predicted molar refractivity (Wildman–Crippen MR) is 54.6 cm³/mol. The van der Waals surface area contributed by atoms with Crippen LogP contribution in [-0.2, 0) is 0 Å². The Morgan fingerprint density at radius 3 is 2.54 bits per heavy atom. The maximum atomic E-state index is 10.4. The summed E-state index contributed by atoms with van der Waals surface area (Å²) in [6, 6.07) is 0. The van der Waals surface area contributed by atoms with Crippen LogP contribution in [-0.4, -0.2) is 10.7 Å². The van der Waals surface area contributed by atoms with Crippen LogP contribution in [0.25, 0.3) is 0 Å². The predicted octanol–water partition coefficient (Wildman–Crippen LogP) is 3.18. The highest BCUT2D eigenvalue weighted by atomic mass is 16.3. The lowest BCUT2D eigenvalue weighted by atomic mass is 9.89. The summed E-state index contributed by atoms with van der Waals surface area (Å²) in [5.74, 6) is 0. The molecular formula is C12H20O. The number of aliphatic hydroxyl groups is 1. The summed E-state index contributed by atoms with van der Waals surface area (Å²) in [7, 11) is 0. The van der Waals surface area contributed by atoms with Crippen molar-refractivity contribution in [1.82, 2.24) is 0 Å². The van der Waals surface area contributed by atoms with Crippen molar-refractivity contribution in [2.24, 2.45) is 0 Å². The molecule has 2 aliphatic carbocycles. The quantitative estimate of drug-likeness (QED) is 0.614. The highest BCUT2D eigenvalue weighted by Crippen LogP contribution is 2.39. The standard InChI is InChI=1S/C12H20O/c13-12(9-5-6-10-12)11-7-3-1-2-4-8-11/h7,13H,1-6,8-10H2. The Morgan fingerprint density at radius 1 is 1.00 bits per heavy atom. The van der Waals surface area contributed by atoms with Crippen LogP contribution >= 0.6 is 0 Å². The Hall–Kier alpha value is -0.300. The fourth-order valence-corrected chi connectivity index (χ4v) is 2.72. The van der Waals surface area contributed by atoms with E-state index in [1.54, 1.807) is 0 Å². The van der Waals surface area contributed by atoms with Gasteiger partial charge in [-0.25, -0.2) is 0 Å². The summed E-state index contributed by atoms with van der Waals surface area (Å²) in [6.07, 6.45) is 13.1. The molecule has 0 aliphatic heterocycles. The minimum atomic E-state index is -0.385. The average Bonchev–Trinajstić information content (AvgIpc) is 2.44. The number of rotatable bonds is 1. The lowest BCUT2D eigenvalue weighted by Gasteiger charge is -2.25. The van der Waals surface area contributed by atoms with Gasteiger partial charge in [-0.2, -0.15) is 0 Å². The lowest BCUT2D eigenvalue weighted by molar-refractivity contribution is 0.0822. The molecule has 0 bridgehead atoms. The van der Waals surface area contributed by atoms with Crippen LogP contribution in [0.2, 0.25) is 0 Å². The molecule has 0 atom stereocenters. The van der Waals surface area contributed by atoms with Crippen molar-refractivity contribution in [2.75, 3.05) is 0 Å². The van der Waals surface area contributed by atoms with Crippen molar-refractivity contribution in [2.45, 2.75) is 63.4 Å². The van der Waals surface area contributed by atoms with Gasteiger partial charge in [0, 0.05) is 0 Å². The number of allylic oxidation sites excluding steroid dienone is 1. The molecule has 13 heavy (non-hydrogen) atoms. The van der Waals surface area contributed by atoms with Crippen LogP contribution in [0.1, 0.15) is 57.8 Å². The summed E-state index contributed by atoms with van der Waals surface area (Å²) >= 11 is 0. The first-order valence-corrected chi connectivity index (χ1v) is 5.73. The Morgan fingerprint density at radius 2 is 1.77 bits per heavy atom. The SMILES string of the molecule is OC1(C2=CCCCCC2)CCCC1. The van der Waals surface area contributed by atoms with Gasteiger partial charge < -0.3 is 5.11 Å². The van der Waals surface area contributed by atoms with Gasteiger partial charge in [-0.15, -0.1) is 0 Å². The van der Waals surface area contributed by atoms with Gasteiger partial charge in [0.25, 0.3) is 0 Å². The third-order valence-corrected chi connectivity index (χ3v) is 3.57. The van der Waals surface area contributed by atoms with E-state index in [4.69, 9.17) is 0 Å².